The molecule has 0 radical (unpaired) electrons. The van der Waals surface area contributed by atoms with Gasteiger partial charge in [-0.15, -0.1) is 0 Å². The first-order valence-electron chi connectivity index (χ1n) is 6.29. The first-order chi connectivity index (χ1) is 9.06. The lowest BCUT2D eigenvalue weighted by molar-refractivity contribution is -0.136. The Bertz CT molecular complexity index is 473. The van der Waals surface area contributed by atoms with Crippen LogP contribution in [0.25, 0.3) is 0 Å². The van der Waals surface area contributed by atoms with E-state index in [-0.39, 0.29) is 24.3 Å². The molecule has 4 N–H and O–H groups in total. The van der Waals surface area contributed by atoms with E-state index in [1.807, 2.05) is 0 Å². The number of carboxylic acids is 1. The first-order valence-corrected chi connectivity index (χ1v) is 6.29. The van der Waals surface area contributed by atoms with E-state index < -0.39 is 5.97 Å². The summed E-state index contributed by atoms with van der Waals surface area (Å²) in [7, 11) is 0. The summed E-state index contributed by atoms with van der Waals surface area (Å²) in [6.07, 6.45) is 4.03. The van der Waals surface area contributed by atoms with Crippen molar-refractivity contribution in [2.45, 2.75) is 31.7 Å². The number of hydrogen-bond acceptors (Lipinski definition) is 4. The predicted octanol–water partition coefficient (Wildman–Crippen LogP) is 0.775. The maximum Gasteiger partial charge on any atom is 0.309 e. The molecule has 19 heavy (non-hydrogen) atoms. The second-order valence-electron chi connectivity index (χ2n) is 4.80. The normalized spacial score (nSPS) is 22.2. The van der Waals surface area contributed by atoms with Crippen molar-refractivity contribution in [3.05, 3.63) is 24.0 Å². The minimum atomic E-state index is -0.929. The molecule has 1 amide bonds. The number of amides is 1. The molecule has 0 aliphatic heterocycles. The summed E-state index contributed by atoms with van der Waals surface area (Å²) in [6, 6.07) is 3.18. The van der Waals surface area contributed by atoms with Gasteiger partial charge in [0, 0.05) is 6.04 Å². The Labute approximate surface area is 111 Å². The summed E-state index contributed by atoms with van der Waals surface area (Å²) in [4.78, 5) is 26.5. The number of hydrogen-bond donors (Lipinski definition) is 3. The van der Waals surface area contributed by atoms with Crippen molar-refractivity contribution in [2.75, 3.05) is 5.32 Å². The SMILES string of the molecule is NC1CCCC1C(=O)Nc1ccc(CC(=O)O)nc1. The van der Waals surface area contributed by atoms with Crippen molar-refractivity contribution in [1.29, 1.82) is 0 Å². The van der Waals surface area contributed by atoms with Crippen LogP contribution in [0.3, 0.4) is 0 Å². The number of nitrogens with zero attached hydrogens (tertiary/aromatic N) is 1. The molecule has 1 saturated carbocycles. The van der Waals surface area contributed by atoms with E-state index in [0.717, 1.165) is 19.3 Å². The van der Waals surface area contributed by atoms with Crippen LogP contribution < -0.4 is 11.1 Å². The lowest BCUT2D eigenvalue weighted by Crippen LogP contribution is -2.34. The van der Waals surface area contributed by atoms with Crippen molar-refractivity contribution in [1.82, 2.24) is 4.98 Å². The molecule has 6 heteroatoms. The molecule has 2 atom stereocenters. The van der Waals surface area contributed by atoms with Crippen molar-refractivity contribution >= 4 is 17.6 Å². The number of aromatic nitrogens is 1. The maximum atomic E-state index is 12.0. The second-order valence-corrected chi connectivity index (χ2v) is 4.80. The van der Waals surface area contributed by atoms with E-state index in [4.69, 9.17) is 10.8 Å². The molecule has 1 aromatic heterocycles. The third-order valence-corrected chi connectivity index (χ3v) is 3.33. The fourth-order valence-corrected chi connectivity index (χ4v) is 2.31. The standard InChI is InChI=1S/C13H17N3O3/c14-11-3-1-2-10(11)13(19)16-9-5-4-8(15-7-9)6-12(17)18/h4-5,7,10-11H,1-3,6,14H2,(H,16,19)(H,17,18). The summed E-state index contributed by atoms with van der Waals surface area (Å²) in [5.74, 6) is -1.15. The monoisotopic (exact) mass is 263 g/mol. The average Bonchev–Trinajstić information content (AvgIpc) is 2.77. The molecule has 1 aliphatic carbocycles. The largest absolute Gasteiger partial charge is 0.481 e. The number of rotatable bonds is 4. The van der Waals surface area contributed by atoms with E-state index in [0.29, 0.717) is 11.4 Å². The number of carboxylic acid groups (broad SMARTS) is 1. The van der Waals surface area contributed by atoms with Crippen LogP contribution in [-0.4, -0.2) is 28.0 Å². The summed E-state index contributed by atoms with van der Waals surface area (Å²) < 4.78 is 0. The Balaban J connectivity index is 1.95. The fraction of sp³-hybridized carbons (Fsp3) is 0.462. The number of anilines is 1. The molecule has 1 fully saturated rings. The zero-order valence-electron chi connectivity index (χ0n) is 10.5. The van der Waals surface area contributed by atoms with Gasteiger partial charge in [-0.25, -0.2) is 0 Å². The number of carbonyl (C=O) groups excluding carboxylic acids is 1. The Kier molecular flexibility index (Phi) is 4.11. The van der Waals surface area contributed by atoms with E-state index in [2.05, 4.69) is 10.3 Å². The van der Waals surface area contributed by atoms with E-state index in [1.165, 1.54) is 6.20 Å². The summed E-state index contributed by atoms with van der Waals surface area (Å²) in [5, 5.41) is 11.4. The molecule has 6 nitrogen and oxygen atoms in total. The van der Waals surface area contributed by atoms with Gasteiger partial charge in [-0.1, -0.05) is 6.42 Å². The van der Waals surface area contributed by atoms with E-state index in [1.54, 1.807) is 12.1 Å². The highest BCUT2D eigenvalue weighted by molar-refractivity contribution is 5.93. The van der Waals surface area contributed by atoms with Crippen molar-refractivity contribution in [3.63, 3.8) is 0 Å². The molecule has 0 spiro atoms. The quantitative estimate of drug-likeness (QED) is 0.744. The molecule has 2 rings (SSSR count). The average molecular weight is 263 g/mol. The molecule has 102 valence electrons. The topological polar surface area (TPSA) is 105 Å². The summed E-state index contributed by atoms with van der Waals surface area (Å²) >= 11 is 0. The minimum Gasteiger partial charge on any atom is -0.481 e. The Morgan fingerprint density at radius 2 is 2.21 bits per heavy atom. The van der Waals surface area contributed by atoms with Crippen LogP contribution in [-0.2, 0) is 16.0 Å². The Morgan fingerprint density at radius 1 is 1.42 bits per heavy atom. The summed E-state index contributed by atoms with van der Waals surface area (Å²) in [5.41, 5.74) is 6.90. The van der Waals surface area contributed by atoms with E-state index >= 15 is 0 Å². The van der Waals surface area contributed by atoms with Gasteiger partial charge in [-0.2, -0.15) is 0 Å². The van der Waals surface area contributed by atoms with Crippen LogP contribution in [0.5, 0.6) is 0 Å². The number of pyridine rings is 1. The molecular weight excluding hydrogens is 246 g/mol. The van der Waals surface area contributed by atoms with Crippen molar-refractivity contribution < 1.29 is 14.7 Å². The predicted molar refractivity (Wildman–Crippen MR) is 69.5 cm³/mol. The van der Waals surface area contributed by atoms with Crippen LogP contribution in [0.1, 0.15) is 25.0 Å². The molecule has 0 aromatic carbocycles. The lowest BCUT2D eigenvalue weighted by Gasteiger charge is -2.15. The van der Waals surface area contributed by atoms with Crippen molar-refractivity contribution in [3.8, 4) is 0 Å². The Morgan fingerprint density at radius 3 is 2.74 bits per heavy atom. The van der Waals surface area contributed by atoms with Crippen molar-refractivity contribution in [2.24, 2.45) is 11.7 Å². The highest BCUT2D eigenvalue weighted by atomic mass is 16.4. The van der Waals surface area contributed by atoms with Gasteiger partial charge in [0.25, 0.3) is 0 Å². The van der Waals surface area contributed by atoms with Crippen LogP contribution in [0.2, 0.25) is 0 Å². The third-order valence-electron chi connectivity index (χ3n) is 3.33. The smallest absolute Gasteiger partial charge is 0.309 e. The van der Waals surface area contributed by atoms with Gasteiger partial charge in [-0.3, -0.25) is 14.6 Å². The lowest BCUT2D eigenvalue weighted by atomic mass is 10.0. The zero-order chi connectivity index (χ0) is 13.8. The molecule has 2 unspecified atom stereocenters. The Hall–Kier alpha value is -1.95. The van der Waals surface area contributed by atoms with Gasteiger partial charge in [0.05, 0.1) is 29.9 Å². The molecule has 0 saturated heterocycles. The number of aliphatic carboxylic acids is 1. The molecule has 1 heterocycles. The molecule has 1 aromatic rings. The molecular formula is C13H17N3O3. The minimum absolute atomic E-state index is 0.0701. The third kappa shape index (κ3) is 3.51. The highest BCUT2D eigenvalue weighted by Gasteiger charge is 2.30. The van der Waals surface area contributed by atoms with Gasteiger partial charge in [-0.05, 0) is 25.0 Å². The number of nitrogens with one attached hydrogen (secondary N) is 1. The van der Waals surface area contributed by atoms with Gasteiger partial charge in [0.2, 0.25) is 5.91 Å². The molecule has 0 bridgehead atoms. The fourth-order valence-electron chi connectivity index (χ4n) is 2.31. The van der Waals surface area contributed by atoms with E-state index in [9.17, 15) is 9.59 Å². The van der Waals surface area contributed by atoms with Crippen LogP contribution in [0.4, 0.5) is 5.69 Å². The van der Waals surface area contributed by atoms with Gasteiger partial charge in [0.15, 0.2) is 0 Å². The summed E-state index contributed by atoms with van der Waals surface area (Å²) in [6.45, 7) is 0. The van der Waals surface area contributed by atoms with Gasteiger partial charge < -0.3 is 16.2 Å². The van der Waals surface area contributed by atoms with Gasteiger partial charge >= 0.3 is 5.97 Å². The van der Waals surface area contributed by atoms with Crippen LogP contribution >= 0.6 is 0 Å². The first kappa shape index (κ1) is 13.5. The van der Waals surface area contributed by atoms with Gasteiger partial charge in [0.1, 0.15) is 0 Å². The maximum absolute atomic E-state index is 12.0. The zero-order valence-corrected chi connectivity index (χ0v) is 10.5. The second kappa shape index (κ2) is 5.79. The highest BCUT2D eigenvalue weighted by Crippen LogP contribution is 2.25. The number of carbonyl (C=O) groups is 2. The molecule has 1 aliphatic rings. The number of nitrogens with two attached hydrogens (primary N) is 1. The van der Waals surface area contributed by atoms with Crippen LogP contribution in [0.15, 0.2) is 18.3 Å². The van der Waals surface area contributed by atoms with Crippen LogP contribution in [0, 0.1) is 5.92 Å².